The van der Waals surface area contributed by atoms with Crippen molar-refractivity contribution < 1.29 is 14.3 Å². The minimum Gasteiger partial charge on any atom is -0.494 e. The van der Waals surface area contributed by atoms with E-state index in [0.29, 0.717) is 32.7 Å². The van der Waals surface area contributed by atoms with Crippen molar-refractivity contribution >= 4 is 29.0 Å². The maximum Gasteiger partial charge on any atom is 0.325 e. The molecule has 0 spiro atoms. The molecule has 7 nitrogen and oxygen atoms in total. The van der Waals surface area contributed by atoms with Crippen molar-refractivity contribution in [2.24, 2.45) is 0 Å². The standard InChI is InChI=1S/C19H24N4O3S/c1-3-26-17-6-4-16(5-7-17)23-11-10-22(19(23)25)12-18(24)20-9-8-15-13-27-14(2)21-15/h4-7,13H,3,8-12H2,1-2H3,(H,20,24). The molecule has 8 heteroatoms. The molecule has 0 radical (unpaired) electrons. The molecule has 1 aromatic heterocycles. The summed E-state index contributed by atoms with van der Waals surface area (Å²) < 4.78 is 5.42. The van der Waals surface area contributed by atoms with E-state index in [1.807, 2.05) is 43.5 Å². The third-order valence-corrected chi connectivity index (χ3v) is 5.08. The molecule has 1 aliphatic rings. The highest BCUT2D eigenvalue weighted by Gasteiger charge is 2.30. The van der Waals surface area contributed by atoms with Crippen LogP contribution in [-0.2, 0) is 11.2 Å². The topological polar surface area (TPSA) is 74.8 Å². The number of anilines is 1. The molecular weight excluding hydrogens is 364 g/mol. The Balaban J connectivity index is 1.47. The van der Waals surface area contributed by atoms with E-state index in [9.17, 15) is 9.59 Å². The monoisotopic (exact) mass is 388 g/mol. The second-order valence-electron chi connectivity index (χ2n) is 6.24. The van der Waals surface area contributed by atoms with Crippen molar-refractivity contribution in [3.63, 3.8) is 0 Å². The van der Waals surface area contributed by atoms with Crippen LogP contribution in [0, 0.1) is 6.92 Å². The number of urea groups is 1. The van der Waals surface area contributed by atoms with Gasteiger partial charge in [0.15, 0.2) is 0 Å². The zero-order valence-corrected chi connectivity index (χ0v) is 16.4. The average Bonchev–Trinajstić information content (AvgIpc) is 3.22. The Bertz CT molecular complexity index is 791. The minimum atomic E-state index is -0.149. The lowest BCUT2D eigenvalue weighted by Crippen LogP contribution is -2.40. The molecule has 1 aromatic carbocycles. The molecule has 3 rings (SSSR count). The van der Waals surface area contributed by atoms with Gasteiger partial charge < -0.3 is 15.0 Å². The summed E-state index contributed by atoms with van der Waals surface area (Å²) in [4.78, 5) is 32.3. The molecule has 0 bridgehead atoms. The molecule has 0 atom stereocenters. The third-order valence-electron chi connectivity index (χ3n) is 4.26. The number of aryl methyl sites for hydroxylation is 1. The average molecular weight is 388 g/mol. The number of aromatic nitrogens is 1. The van der Waals surface area contributed by atoms with Gasteiger partial charge in [-0.15, -0.1) is 11.3 Å². The van der Waals surface area contributed by atoms with Gasteiger partial charge in [-0.3, -0.25) is 9.69 Å². The van der Waals surface area contributed by atoms with Crippen molar-refractivity contribution in [2.75, 3.05) is 37.7 Å². The number of thiazole rings is 1. The third kappa shape index (κ3) is 4.97. The van der Waals surface area contributed by atoms with Gasteiger partial charge in [-0.05, 0) is 38.1 Å². The van der Waals surface area contributed by atoms with E-state index in [2.05, 4.69) is 10.3 Å². The van der Waals surface area contributed by atoms with E-state index in [1.54, 1.807) is 21.1 Å². The molecule has 27 heavy (non-hydrogen) atoms. The molecule has 1 N–H and O–H groups in total. The van der Waals surface area contributed by atoms with Gasteiger partial charge in [-0.1, -0.05) is 0 Å². The quantitative estimate of drug-likeness (QED) is 0.754. The van der Waals surface area contributed by atoms with Gasteiger partial charge in [0, 0.05) is 37.1 Å². The molecule has 2 aromatic rings. The van der Waals surface area contributed by atoms with Crippen LogP contribution in [0.1, 0.15) is 17.6 Å². The van der Waals surface area contributed by atoms with E-state index < -0.39 is 0 Å². The first-order valence-corrected chi connectivity index (χ1v) is 9.92. The Morgan fingerprint density at radius 3 is 2.74 bits per heavy atom. The number of hydrogen-bond donors (Lipinski definition) is 1. The predicted octanol–water partition coefficient (Wildman–Crippen LogP) is 2.45. The van der Waals surface area contributed by atoms with Crippen LogP contribution >= 0.6 is 11.3 Å². The lowest BCUT2D eigenvalue weighted by molar-refractivity contribution is -0.121. The summed E-state index contributed by atoms with van der Waals surface area (Å²) >= 11 is 1.60. The molecule has 1 fully saturated rings. The minimum absolute atomic E-state index is 0.0719. The number of ether oxygens (including phenoxy) is 1. The zero-order valence-electron chi connectivity index (χ0n) is 15.6. The maximum atomic E-state index is 12.6. The number of rotatable bonds is 8. The second kappa shape index (κ2) is 8.85. The van der Waals surface area contributed by atoms with Gasteiger partial charge in [0.1, 0.15) is 12.3 Å². The van der Waals surface area contributed by atoms with Gasteiger partial charge in [0.05, 0.1) is 17.3 Å². The number of hydrogen-bond acceptors (Lipinski definition) is 5. The van der Waals surface area contributed by atoms with Crippen LogP contribution in [0.4, 0.5) is 10.5 Å². The Kier molecular flexibility index (Phi) is 6.28. The maximum absolute atomic E-state index is 12.6. The van der Waals surface area contributed by atoms with Crippen LogP contribution < -0.4 is 15.0 Å². The fourth-order valence-electron chi connectivity index (χ4n) is 2.94. The summed E-state index contributed by atoms with van der Waals surface area (Å²) in [6, 6.07) is 7.28. The van der Waals surface area contributed by atoms with E-state index in [0.717, 1.165) is 22.1 Å². The van der Waals surface area contributed by atoms with Gasteiger partial charge in [0.25, 0.3) is 0 Å². The van der Waals surface area contributed by atoms with Gasteiger partial charge >= 0.3 is 6.03 Å². The first kappa shape index (κ1) is 19.2. The number of benzene rings is 1. The number of amides is 3. The first-order valence-electron chi connectivity index (χ1n) is 9.04. The number of nitrogens with zero attached hydrogens (tertiary/aromatic N) is 3. The molecule has 1 saturated heterocycles. The zero-order chi connectivity index (χ0) is 19.2. The first-order chi connectivity index (χ1) is 13.1. The molecule has 0 aliphatic carbocycles. The largest absolute Gasteiger partial charge is 0.494 e. The lowest BCUT2D eigenvalue weighted by Gasteiger charge is -2.18. The van der Waals surface area contributed by atoms with Crippen LogP contribution in [0.3, 0.4) is 0 Å². The van der Waals surface area contributed by atoms with E-state index in [4.69, 9.17) is 4.74 Å². The molecule has 1 aliphatic heterocycles. The number of carbonyl (C=O) groups is 2. The highest BCUT2D eigenvalue weighted by Crippen LogP contribution is 2.23. The van der Waals surface area contributed by atoms with E-state index in [-0.39, 0.29) is 18.5 Å². The summed E-state index contributed by atoms with van der Waals surface area (Å²) in [6.45, 7) is 6.19. The predicted molar refractivity (Wildman–Crippen MR) is 105 cm³/mol. The summed E-state index contributed by atoms with van der Waals surface area (Å²) in [6.07, 6.45) is 0.697. The normalized spacial score (nSPS) is 13.9. The Morgan fingerprint density at radius 1 is 1.30 bits per heavy atom. The van der Waals surface area contributed by atoms with E-state index >= 15 is 0 Å². The SMILES string of the molecule is CCOc1ccc(N2CCN(CC(=O)NCCc3csc(C)n3)C2=O)cc1. The fourth-order valence-corrected chi connectivity index (χ4v) is 3.59. The molecule has 0 unspecified atom stereocenters. The highest BCUT2D eigenvalue weighted by molar-refractivity contribution is 7.09. The van der Waals surface area contributed by atoms with Crippen LogP contribution in [0.5, 0.6) is 5.75 Å². The smallest absolute Gasteiger partial charge is 0.325 e. The Hall–Kier alpha value is -2.61. The summed E-state index contributed by atoms with van der Waals surface area (Å²) in [5.74, 6) is 0.628. The molecule has 3 amide bonds. The van der Waals surface area contributed by atoms with Crippen molar-refractivity contribution in [3.8, 4) is 5.75 Å². The van der Waals surface area contributed by atoms with Crippen LogP contribution in [0.25, 0.3) is 0 Å². The second-order valence-corrected chi connectivity index (χ2v) is 7.30. The van der Waals surface area contributed by atoms with Gasteiger partial charge in [-0.25, -0.2) is 9.78 Å². The van der Waals surface area contributed by atoms with Crippen LogP contribution in [-0.4, -0.2) is 54.6 Å². The molecule has 0 saturated carbocycles. The fraction of sp³-hybridized carbons (Fsp3) is 0.421. The lowest BCUT2D eigenvalue weighted by atomic mass is 10.3. The Morgan fingerprint density at radius 2 is 2.07 bits per heavy atom. The van der Waals surface area contributed by atoms with Crippen molar-refractivity contribution in [1.82, 2.24) is 15.2 Å². The Labute approximate surface area is 162 Å². The van der Waals surface area contributed by atoms with Crippen molar-refractivity contribution in [1.29, 1.82) is 0 Å². The van der Waals surface area contributed by atoms with Crippen molar-refractivity contribution in [2.45, 2.75) is 20.3 Å². The molecule has 144 valence electrons. The van der Waals surface area contributed by atoms with E-state index in [1.165, 1.54) is 0 Å². The van der Waals surface area contributed by atoms with Crippen molar-refractivity contribution in [3.05, 3.63) is 40.3 Å². The van der Waals surface area contributed by atoms with Gasteiger partial charge in [-0.2, -0.15) is 0 Å². The van der Waals surface area contributed by atoms with Crippen LogP contribution in [0.15, 0.2) is 29.6 Å². The summed E-state index contributed by atoms with van der Waals surface area (Å²) in [7, 11) is 0. The highest BCUT2D eigenvalue weighted by atomic mass is 32.1. The number of carbonyl (C=O) groups excluding carboxylic acids is 2. The molecule has 2 heterocycles. The summed E-state index contributed by atoms with van der Waals surface area (Å²) in [5, 5.41) is 5.88. The van der Waals surface area contributed by atoms with Crippen LogP contribution in [0.2, 0.25) is 0 Å². The number of nitrogens with one attached hydrogen (secondary N) is 1. The molecular formula is C19H24N4O3S. The summed E-state index contributed by atoms with van der Waals surface area (Å²) in [5.41, 5.74) is 1.79. The van der Waals surface area contributed by atoms with Gasteiger partial charge in [0.2, 0.25) is 5.91 Å².